The average molecular weight is 150 g/mol. The van der Waals surface area contributed by atoms with E-state index in [0.717, 1.165) is 11.5 Å². The van der Waals surface area contributed by atoms with Crippen LogP contribution >= 0.6 is 0 Å². The molecule has 11 heavy (non-hydrogen) atoms. The molecular formula is C10H14O. The number of fused-ring (bicyclic) bond motifs is 1. The van der Waals surface area contributed by atoms with Gasteiger partial charge in [-0.05, 0) is 12.8 Å². The highest BCUT2D eigenvalue weighted by Crippen LogP contribution is 2.45. The molecule has 1 heterocycles. The van der Waals surface area contributed by atoms with Crippen molar-refractivity contribution in [3.05, 3.63) is 24.7 Å². The highest BCUT2D eigenvalue weighted by Gasteiger charge is 2.37. The fraction of sp³-hybridized carbons (Fsp3) is 0.600. The minimum atomic E-state index is 0.594. The molecule has 1 nitrogen and oxygen atoms in total. The summed E-state index contributed by atoms with van der Waals surface area (Å²) in [6.07, 6.45) is 5.17. The fourth-order valence-electron chi connectivity index (χ4n) is 2.22. The van der Waals surface area contributed by atoms with Gasteiger partial charge in [0.2, 0.25) is 0 Å². The molecule has 2 unspecified atom stereocenters. The highest BCUT2D eigenvalue weighted by molar-refractivity contribution is 5.14. The summed E-state index contributed by atoms with van der Waals surface area (Å²) in [5, 5.41) is 0. The fourth-order valence-corrected chi connectivity index (χ4v) is 2.22. The topological polar surface area (TPSA) is 9.23 Å². The van der Waals surface area contributed by atoms with Gasteiger partial charge in [-0.15, -0.1) is 0 Å². The Kier molecular flexibility index (Phi) is 1.52. The van der Waals surface area contributed by atoms with Crippen LogP contribution in [0.3, 0.4) is 0 Å². The van der Waals surface area contributed by atoms with Crippen molar-refractivity contribution in [1.82, 2.24) is 0 Å². The zero-order valence-electron chi connectivity index (χ0n) is 6.81. The van der Waals surface area contributed by atoms with Gasteiger partial charge in [-0.2, -0.15) is 0 Å². The van der Waals surface area contributed by atoms with Gasteiger partial charge in [-0.1, -0.05) is 26.0 Å². The molecule has 0 aromatic heterocycles. The summed E-state index contributed by atoms with van der Waals surface area (Å²) in [7, 11) is 0. The maximum Gasteiger partial charge on any atom is 0.100 e. The predicted molar refractivity (Wildman–Crippen MR) is 44.8 cm³/mol. The second-order valence-corrected chi connectivity index (χ2v) is 3.53. The van der Waals surface area contributed by atoms with Crippen LogP contribution in [0.1, 0.15) is 25.7 Å². The third-order valence-electron chi connectivity index (χ3n) is 2.86. The van der Waals surface area contributed by atoms with E-state index in [2.05, 4.69) is 13.2 Å². The average Bonchev–Trinajstić information content (AvgIpc) is 2.30. The lowest BCUT2D eigenvalue weighted by molar-refractivity contribution is 0.328. The maximum absolute atomic E-state index is 5.42. The van der Waals surface area contributed by atoms with Gasteiger partial charge in [0, 0.05) is 11.8 Å². The van der Waals surface area contributed by atoms with Crippen molar-refractivity contribution in [3.8, 4) is 0 Å². The van der Waals surface area contributed by atoms with E-state index in [4.69, 9.17) is 4.74 Å². The zero-order chi connectivity index (χ0) is 7.84. The van der Waals surface area contributed by atoms with Crippen molar-refractivity contribution in [1.29, 1.82) is 0 Å². The molecule has 1 saturated carbocycles. The van der Waals surface area contributed by atoms with Gasteiger partial charge in [0.25, 0.3) is 0 Å². The monoisotopic (exact) mass is 150 g/mol. The lowest BCUT2D eigenvalue weighted by Gasteiger charge is -2.21. The summed E-state index contributed by atoms with van der Waals surface area (Å²) < 4.78 is 5.42. The molecule has 2 atom stereocenters. The minimum Gasteiger partial charge on any atom is -0.467 e. The van der Waals surface area contributed by atoms with E-state index in [1.54, 1.807) is 0 Å². The molecule has 0 spiro atoms. The second kappa shape index (κ2) is 2.40. The molecule has 0 radical (unpaired) electrons. The summed E-state index contributed by atoms with van der Waals surface area (Å²) in [5.41, 5.74) is 0. The van der Waals surface area contributed by atoms with Gasteiger partial charge < -0.3 is 4.74 Å². The van der Waals surface area contributed by atoms with E-state index in [9.17, 15) is 0 Å². The molecule has 2 rings (SSSR count). The van der Waals surface area contributed by atoms with Crippen LogP contribution in [0.25, 0.3) is 0 Å². The Bertz CT molecular complexity index is 183. The molecule has 0 aromatic carbocycles. The standard InChI is InChI=1S/C10H14O/c1-7-9-5-3-4-6-10(9)8(2)11-7/h9-10H,1-6H2. The summed E-state index contributed by atoms with van der Waals surface area (Å²) in [4.78, 5) is 0. The van der Waals surface area contributed by atoms with Crippen LogP contribution in [0.4, 0.5) is 0 Å². The SMILES string of the molecule is C=C1OC(=C)C2CCCCC12. The van der Waals surface area contributed by atoms with Crippen LogP contribution in [0.15, 0.2) is 24.7 Å². The molecule has 0 bridgehead atoms. The number of rotatable bonds is 0. The van der Waals surface area contributed by atoms with E-state index in [-0.39, 0.29) is 0 Å². The molecule has 2 aliphatic rings. The van der Waals surface area contributed by atoms with Crippen LogP contribution in [-0.4, -0.2) is 0 Å². The first-order valence-electron chi connectivity index (χ1n) is 4.34. The Balaban J connectivity index is 2.19. The van der Waals surface area contributed by atoms with Gasteiger partial charge in [-0.3, -0.25) is 0 Å². The van der Waals surface area contributed by atoms with Crippen molar-refractivity contribution in [2.75, 3.05) is 0 Å². The Labute approximate surface area is 67.7 Å². The largest absolute Gasteiger partial charge is 0.467 e. The Morgan fingerprint density at radius 1 is 1.00 bits per heavy atom. The first-order valence-corrected chi connectivity index (χ1v) is 4.34. The van der Waals surface area contributed by atoms with Crippen LogP contribution < -0.4 is 0 Å². The second-order valence-electron chi connectivity index (χ2n) is 3.53. The summed E-state index contributed by atoms with van der Waals surface area (Å²) in [6, 6.07) is 0. The molecule has 1 heteroatoms. The van der Waals surface area contributed by atoms with Crippen LogP contribution in [0, 0.1) is 11.8 Å². The molecule has 0 amide bonds. The Morgan fingerprint density at radius 2 is 1.45 bits per heavy atom. The van der Waals surface area contributed by atoms with Crippen molar-refractivity contribution in [2.45, 2.75) is 25.7 Å². The number of hydrogen-bond acceptors (Lipinski definition) is 1. The van der Waals surface area contributed by atoms with Gasteiger partial charge in [-0.25, -0.2) is 0 Å². The third kappa shape index (κ3) is 0.991. The lowest BCUT2D eigenvalue weighted by Crippen LogP contribution is -2.14. The first kappa shape index (κ1) is 6.96. The van der Waals surface area contributed by atoms with E-state index in [1.165, 1.54) is 25.7 Å². The maximum atomic E-state index is 5.42. The molecule has 2 fully saturated rings. The number of ether oxygens (including phenoxy) is 1. The normalized spacial score (nSPS) is 36.7. The van der Waals surface area contributed by atoms with Crippen molar-refractivity contribution < 1.29 is 4.74 Å². The Hall–Kier alpha value is -0.720. The first-order chi connectivity index (χ1) is 5.29. The molecule has 1 saturated heterocycles. The van der Waals surface area contributed by atoms with Crippen LogP contribution in [0.2, 0.25) is 0 Å². The molecule has 0 aromatic rings. The summed E-state index contributed by atoms with van der Waals surface area (Å²) in [5.74, 6) is 3.10. The Morgan fingerprint density at radius 3 is 1.91 bits per heavy atom. The van der Waals surface area contributed by atoms with Crippen LogP contribution in [-0.2, 0) is 4.74 Å². The molecular weight excluding hydrogens is 136 g/mol. The smallest absolute Gasteiger partial charge is 0.100 e. The zero-order valence-corrected chi connectivity index (χ0v) is 6.81. The summed E-state index contributed by atoms with van der Waals surface area (Å²) >= 11 is 0. The number of hydrogen-bond donors (Lipinski definition) is 0. The van der Waals surface area contributed by atoms with Gasteiger partial charge in [0.15, 0.2) is 0 Å². The highest BCUT2D eigenvalue weighted by atomic mass is 16.5. The van der Waals surface area contributed by atoms with Gasteiger partial charge >= 0.3 is 0 Å². The predicted octanol–water partition coefficient (Wildman–Crippen LogP) is 2.85. The molecule has 60 valence electrons. The van der Waals surface area contributed by atoms with Gasteiger partial charge in [0.05, 0.1) is 0 Å². The van der Waals surface area contributed by atoms with E-state index in [0.29, 0.717) is 11.8 Å². The molecule has 0 N–H and O–H groups in total. The molecule has 1 aliphatic heterocycles. The van der Waals surface area contributed by atoms with E-state index in [1.807, 2.05) is 0 Å². The van der Waals surface area contributed by atoms with Gasteiger partial charge in [0.1, 0.15) is 11.5 Å². The third-order valence-corrected chi connectivity index (χ3v) is 2.86. The molecule has 1 aliphatic carbocycles. The van der Waals surface area contributed by atoms with Crippen molar-refractivity contribution in [2.24, 2.45) is 11.8 Å². The minimum absolute atomic E-state index is 0.594. The van der Waals surface area contributed by atoms with Crippen molar-refractivity contribution in [3.63, 3.8) is 0 Å². The number of allylic oxidation sites excluding steroid dienone is 2. The summed E-state index contributed by atoms with van der Waals surface area (Å²) in [6.45, 7) is 7.81. The van der Waals surface area contributed by atoms with Crippen molar-refractivity contribution >= 4 is 0 Å². The quantitative estimate of drug-likeness (QED) is 0.516. The lowest BCUT2D eigenvalue weighted by atomic mass is 9.79. The van der Waals surface area contributed by atoms with Crippen LogP contribution in [0.5, 0.6) is 0 Å². The van der Waals surface area contributed by atoms with E-state index < -0.39 is 0 Å². The van der Waals surface area contributed by atoms with E-state index >= 15 is 0 Å².